The molecule has 1 aromatic rings. The summed E-state index contributed by atoms with van der Waals surface area (Å²) >= 11 is 5.90. The summed E-state index contributed by atoms with van der Waals surface area (Å²) in [4.78, 5) is 22.1. The quantitative estimate of drug-likeness (QED) is 0.525. The third-order valence-electron chi connectivity index (χ3n) is 2.15. The van der Waals surface area contributed by atoms with Crippen LogP contribution in [0.25, 0.3) is 0 Å². The lowest BCUT2D eigenvalue weighted by atomic mass is 9.98. The van der Waals surface area contributed by atoms with E-state index in [1.807, 2.05) is 0 Å². The molecule has 0 aliphatic carbocycles. The smallest absolute Gasteiger partial charge is 0.321 e. The van der Waals surface area contributed by atoms with Crippen LogP contribution in [0.1, 0.15) is 17.9 Å². The van der Waals surface area contributed by atoms with Crippen molar-refractivity contribution >= 4 is 23.5 Å². The molecule has 0 N–H and O–H groups in total. The average Bonchev–Trinajstić information content (AvgIpc) is 2.46. The SMILES string of the molecule is O=C1CC(c2ccccc2Cl)C(=O)O1. The predicted molar refractivity (Wildman–Crippen MR) is 49.9 cm³/mol. The van der Waals surface area contributed by atoms with Crippen molar-refractivity contribution in [1.82, 2.24) is 0 Å². The van der Waals surface area contributed by atoms with Gasteiger partial charge in [-0.2, -0.15) is 0 Å². The van der Waals surface area contributed by atoms with Crippen molar-refractivity contribution in [2.45, 2.75) is 12.3 Å². The Morgan fingerprint density at radius 3 is 2.57 bits per heavy atom. The van der Waals surface area contributed by atoms with E-state index in [4.69, 9.17) is 11.6 Å². The topological polar surface area (TPSA) is 43.4 Å². The van der Waals surface area contributed by atoms with Crippen molar-refractivity contribution < 1.29 is 14.3 Å². The van der Waals surface area contributed by atoms with Gasteiger partial charge in [-0.3, -0.25) is 9.59 Å². The van der Waals surface area contributed by atoms with Gasteiger partial charge in [0, 0.05) is 5.02 Å². The Balaban J connectivity index is 2.36. The lowest BCUT2D eigenvalue weighted by Crippen LogP contribution is -2.05. The summed E-state index contributed by atoms with van der Waals surface area (Å²) in [5.41, 5.74) is 0.657. The minimum Gasteiger partial charge on any atom is -0.393 e. The lowest BCUT2D eigenvalue weighted by Gasteiger charge is -2.06. The second kappa shape index (κ2) is 3.42. The Bertz CT molecular complexity index is 400. The van der Waals surface area contributed by atoms with Crippen molar-refractivity contribution in [3.63, 3.8) is 0 Å². The second-order valence-electron chi connectivity index (χ2n) is 3.07. The van der Waals surface area contributed by atoms with Crippen LogP contribution < -0.4 is 0 Å². The van der Waals surface area contributed by atoms with Gasteiger partial charge in [0.1, 0.15) is 0 Å². The van der Waals surface area contributed by atoms with E-state index >= 15 is 0 Å². The van der Waals surface area contributed by atoms with Crippen molar-refractivity contribution in [3.05, 3.63) is 34.9 Å². The summed E-state index contributed by atoms with van der Waals surface area (Å²) in [5, 5.41) is 0.490. The molecule has 1 atom stereocenters. The van der Waals surface area contributed by atoms with Crippen molar-refractivity contribution in [1.29, 1.82) is 0 Å². The van der Waals surface area contributed by atoms with E-state index in [-0.39, 0.29) is 6.42 Å². The van der Waals surface area contributed by atoms with Crippen molar-refractivity contribution in [2.75, 3.05) is 0 Å². The summed E-state index contributed by atoms with van der Waals surface area (Å²) in [6.45, 7) is 0. The summed E-state index contributed by atoms with van der Waals surface area (Å²) in [5.74, 6) is -1.53. The number of esters is 2. The third kappa shape index (κ3) is 1.51. The number of hydrogen-bond acceptors (Lipinski definition) is 3. The zero-order valence-electron chi connectivity index (χ0n) is 7.20. The minimum atomic E-state index is -0.531. The van der Waals surface area contributed by atoms with Gasteiger partial charge >= 0.3 is 11.9 Å². The van der Waals surface area contributed by atoms with Gasteiger partial charge in [-0.25, -0.2) is 0 Å². The first kappa shape index (κ1) is 9.21. The van der Waals surface area contributed by atoms with Crippen LogP contribution in [0.5, 0.6) is 0 Å². The molecule has 1 unspecified atom stereocenters. The molecule has 1 aliphatic rings. The lowest BCUT2D eigenvalue weighted by molar-refractivity contribution is -0.152. The molecule has 1 aliphatic heterocycles. The van der Waals surface area contributed by atoms with Crippen LogP contribution in [0.4, 0.5) is 0 Å². The maximum absolute atomic E-state index is 11.2. The molecule has 0 saturated carbocycles. The van der Waals surface area contributed by atoms with Crippen LogP contribution in [0.2, 0.25) is 5.02 Å². The predicted octanol–water partition coefficient (Wildman–Crippen LogP) is 1.90. The van der Waals surface area contributed by atoms with E-state index in [9.17, 15) is 9.59 Å². The maximum atomic E-state index is 11.2. The molecule has 14 heavy (non-hydrogen) atoms. The van der Waals surface area contributed by atoms with Gasteiger partial charge in [0.15, 0.2) is 0 Å². The fraction of sp³-hybridized carbons (Fsp3) is 0.200. The highest BCUT2D eigenvalue weighted by molar-refractivity contribution is 6.31. The molecule has 1 saturated heterocycles. The Morgan fingerprint density at radius 1 is 1.29 bits per heavy atom. The van der Waals surface area contributed by atoms with Gasteiger partial charge < -0.3 is 4.74 Å². The van der Waals surface area contributed by atoms with E-state index in [0.29, 0.717) is 10.6 Å². The zero-order valence-corrected chi connectivity index (χ0v) is 7.95. The van der Waals surface area contributed by atoms with Crippen molar-refractivity contribution in [2.24, 2.45) is 0 Å². The molecular formula is C10H7ClO3. The van der Waals surface area contributed by atoms with Gasteiger partial charge in [0.05, 0.1) is 12.3 Å². The van der Waals surface area contributed by atoms with Gasteiger partial charge in [-0.1, -0.05) is 29.8 Å². The van der Waals surface area contributed by atoms with Gasteiger partial charge in [0.25, 0.3) is 0 Å². The summed E-state index contributed by atoms with van der Waals surface area (Å²) in [7, 11) is 0. The van der Waals surface area contributed by atoms with Crippen LogP contribution in [0, 0.1) is 0 Å². The number of cyclic esters (lactones) is 2. The number of ether oxygens (including phenoxy) is 1. The molecule has 3 nitrogen and oxygen atoms in total. The van der Waals surface area contributed by atoms with Crippen LogP contribution >= 0.6 is 11.6 Å². The van der Waals surface area contributed by atoms with Gasteiger partial charge in [0.2, 0.25) is 0 Å². The molecule has 4 heteroatoms. The van der Waals surface area contributed by atoms with Crippen LogP contribution in [-0.2, 0) is 14.3 Å². The summed E-state index contributed by atoms with van der Waals surface area (Å²) in [6, 6.07) is 6.96. The Hall–Kier alpha value is -1.35. The molecular weight excluding hydrogens is 204 g/mol. The first-order valence-electron chi connectivity index (χ1n) is 4.17. The highest BCUT2D eigenvalue weighted by Crippen LogP contribution is 2.31. The molecule has 1 aromatic carbocycles. The first-order chi connectivity index (χ1) is 6.68. The second-order valence-corrected chi connectivity index (χ2v) is 3.48. The Labute approximate surface area is 85.6 Å². The number of rotatable bonds is 1. The molecule has 0 radical (unpaired) electrons. The number of hydrogen-bond donors (Lipinski definition) is 0. The monoisotopic (exact) mass is 210 g/mol. The zero-order chi connectivity index (χ0) is 10.1. The largest absolute Gasteiger partial charge is 0.393 e. The molecule has 0 aromatic heterocycles. The average molecular weight is 211 g/mol. The molecule has 72 valence electrons. The standard InChI is InChI=1S/C10H7ClO3/c11-8-4-2-1-3-6(8)7-5-9(12)14-10(7)13/h1-4,7H,5H2. The number of carbonyl (C=O) groups is 2. The number of carbonyl (C=O) groups excluding carboxylic acids is 2. The molecule has 0 bridgehead atoms. The molecule has 0 amide bonds. The highest BCUT2D eigenvalue weighted by Gasteiger charge is 2.35. The maximum Gasteiger partial charge on any atom is 0.321 e. The van der Waals surface area contributed by atoms with Gasteiger partial charge in [-0.05, 0) is 11.6 Å². The molecule has 1 fully saturated rings. The first-order valence-corrected chi connectivity index (χ1v) is 4.55. The summed E-state index contributed by atoms with van der Waals surface area (Å²) in [6.07, 6.45) is 0.0859. The van der Waals surface area contributed by atoms with E-state index in [1.165, 1.54) is 0 Å². The third-order valence-corrected chi connectivity index (χ3v) is 2.49. The fourth-order valence-electron chi connectivity index (χ4n) is 1.47. The Morgan fingerprint density at radius 2 is 2.00 bits per heavy atom. The van der Waals surface area contributed by atoms with Gasteiger partial charge in [-0.15, -0.1) is 0 Å². The molecule has 2 rings (SSSR count). The van der Waals surface area contributed by atoms with Crippen LogP contribution in [-0.4, -0.2) is 11.9 Å². The highest BCUT2D eigenvalue weighted by atomic mass is 35.5. The van der Waals surface area contributed by atoms with E-state index in [1.54, 1.807) is 24.3 Å². The van der Waals surface area contributed by atoms with E-state index < -0.39 is 17.9 Å². The van der Waals surface area contributed by atoms with Crippen molar-refractivity contribution in [3.8, 4) is 0 Å². The molecule has 1 heterocycles. The molecule has 0 spiro atoms. The number of benzene rings is 1. The Kier molecular flexibility index (Phi) is 2.25. The fourth-order valence-corrected chi connectivity index (χ4v) is 1.74. The van der Waals surface area contributed by atoms with E-state index in [2.05, 4.69) is 4.74 Å². The summed E-state index contributed by atoms with van der Waals surface area (Å²) < 4.78 is 4.45. The van der Waals surface area contributed by atoms with E-state index in [0.717, 1.165) is 0 Å². The van der Waals surface area contributed by atoms with Crippen LogP contribution in [0.15, 0.2) is 24.3 Å². The minimum absolute atomic E-state index is 0.0859. The van der Waals surface area contributed by atoms with Crippen LogP contribution in [0.3, 0.4) is 0 Å². The number of halogens is 1. The normalized spacial score (nSPS) is 21.1.